The highest BCUT2D eigenvalue weighted by molar-refractivity contribution is 7.07. The van der Waals surface area contributed by atoms with E-state index in [2.05, 4.69) is 4.99 Å². The summed E-state index contributed by atoms with van der Waals surface area (Å²) in [6.07, 6.45) is 1.81. The van der Waals surface area contributed by atoms with Crippen molar-refractivity contribution in [2.24, 2.45) is 4.99 Å². The second kappa shape index (κ2) is 10.7. The molecule has 4 rings (SSSR count). The molecule has 0 radical (unpaired) electrons. The Kier molecular flexibility index (Phi) is 7.51. The average Bonchev–Trinajstić information content (AvgIpc) is 3.15. The topological polar surface area (TPSA) is 79.1 Å². The Hall–Kier alpha value is -3.65. The Balaban J connectivity index is 1.98. The highest BCUT2D eigenvalue weighted by Gasteiger charge is 2.35. The van der Waals surface area contributed by atoms with Gasteiger partial charge in [0.05, 0.1) is 35.6 Å². The van der Waals surface area contributed by atoms with Gasteiger partial charge in [0.2, 0.25) is 0 Å². The van der Waals surface area contributed by atoms with E-state index in [4.69, 9.17) is 14.2 Å². The van der Waals surface area contributed by atoms with Gasteiger partial charge in [0.1, 0.15) is 17.5 Å². The lowest BCUT2D eigenvalue weighted by molar-refractivity contribution is -0.139. The molecule has 182 valence electrons. The lowest BCUT2D eigenvalue weighted by atomic mass is 9.95. The van der Waals surface area contributed by atoms with E-state index in [-0.39, 0.29) is 12.2 Å². The zero-order valence-corrected chi connectivity index (χ0v) is 21.1. The molecular weight excluding hydrogens is 464 g/mol. The molecular formula is C27H28N2O5S. The van der Waals surface area contributed by atoms with Crippen LogP contribution in [0.3, 0.4) is 0 Å². The first-order valence-corrected chi connectivity index (χ1v) is 12.4. The number of para-hydroxylation sites is 2. The Morgan fingerprint density at radius 3 is 2.37 bits per heavy atom. The van der Waals surface area contributed by atoms with Gasteiger partial charge in [-0.05, 0) is 45.9 Å². The third-order valence-corrected chi connectivity index (χ3v) is 6.52. The molecule has 0 aliphatic carbocycles. The van der Waals surface area contributed by atoms with Gasteiger partial charge in [0.25, 0.3) is 5.56 Å². The number of benzene rings is 2. The normalized spacial score (nSPS) is 15.4. The number of nitrogens with zero attached hydrogens (tertiary/aromatic N) is 2. The molecule has 0 unspecified atom stereocenters. The van der Waals surface area contributed by atoms with Crippen LogP contribution in [0.1, 0.15) is 44.9 Å². The minimum absolute atomic E-state index is 0.216. The van der Waals surface area contributed by atoms with Crippen LogP contribution in [0, 0.1) is 0 Å². The highest BCUT2D eigenvalue weighted by Crippen LogP contribution is 2.35. The van der Waals surface area contributed by atoms with Crippen molar-refractivity contribution in [3.05, 3.63) is 90.6 Å². The molecule has 8 heteroatoms. The monoisotopic (exact) mass is 492 g/mol. The van der Waals surface area contributed by atoms with Gasteiger partial charge in [0.15, 0.2) is 4.80 Å². The van der Waals surface area contributed by atoms with Gasteiger partial charge in [-0.1, -0.05) is 47.7 Å². The molecule has 1 aliphatic rings. The van der Waals surface area contributed by atoms with Crippen molar-refractivity contribution in [2.75, 3.05) is 19.8 Å². The molecule has 35 heavy (non-hydrogen) atoms. The SMILES string of the molecule is CCOC(=O)C1=C(C)N=c2sc(=Cc3ccccc3OCC)c(=O)n2[C@H]1c1ccccc1OCC. The van der Waals surface area contributed by atoms with Gasteiger partial charge in [-0.25, -0.2) is 9.79 Å². The molecule has 0 saturated heterocycles. The minimum Gasteiger partial charge on any atom is -0.494 e. The second-order valence-electron chi connectivity index (χ2n) is 7.74. The first kappa shape index (κ1) is 24.5. The van der Waals surface area contributed by atoms with Crippen LogP contribution in [0.4, 0.5) is 0 Å². The van der Waals surface area contributed by atoms with Crippen LogP contribution in [0.5, 0.6) is 11.5 Å². The van der Waals surface area contributed by atoms with Crippen LogP contribution < -0.4 is 24.4 Å². The first-order valence-electron chi connectivity index (χ1n) is 11.6. The van der Waals surface area contributed by atoms with Crippen molar-refractivity contribution in [3.63, 3.8) is 0 Å². The number of aromatic nitrogens is 1. The molecule has 2 heterocycles. The van der Waals surface area contributed by atoms with Crippen molar-refractivity contribution in [1.29, 1.82) is 0 Å². The van der Waals surface area contributed by atoms with E-state index < -0.39 is 12.0 Å². The van der Waals surface area contributed by atoms with E-state index in [1.807, 2.05) is 68.5 Å². The zero-order chi connectivity index (χ0) is 24.9. The molecule has 0 fully saturated rings. The summed E-state index contributed by atoms with van der Waals surface area (Å²) < 4.78 is 19.0. The molecule has 7 nitrogen and oxygen atoms in total. The Morgan fingerprint density at radius 1 is 1.00 bits per heavy atom. The molecule has 1 atom stereocenters. The van der Waals surface area contributed by atoms with Crippen molar-refractivity contribution in [1.82, 2.24) is 4.57 Å². The Morgan fingerprint density at radius 2 is 1.66 bits per heavy atom. The molecule has 1 aromatic heterocycles. The van der Waals surface area contributed by atoms with E-state index in [1.54, 1.807) is 18.4 Å². The van der Waals surface area contributed by atoms with Crippen molar-refractivity contribution in [3.8, 4) is 11.5 Å². The van der Waals surface area contributed by atoms with Crippen molar-refractivity contribution >= 4 is 23.4 Å². The largest absolute Gasteiger partial charge is 0.494 e. The lowest BCUT2D eigenvalue weighted by Gasteiger charge is -2.26. The summed E-state index contributed by atoms with van der Waals surface area (Å²) >= 11 is 1.28. The summed E-state index contributed by atoms with van der Waals surface area (Å²) in [4.78, 5) is 32.0. The maximum Gasteiger partial charge on any atom is 0.338 e. The van der Waals surface area contributed by atoms with Crippen molar-refractivity contribution in [2.45, 2.75) is 33.7 Å². The Bertz CT molecular complexity index is 1450. The van der Waals surface area contributed by atoms with Crippen LogP contribution in [0.15, 0.2) is 69.6 Å². The number of carbonyl (C=O) groups is 1. The summed E-state index contributed by atoms with van der Waals surface area (Å²) in [6, 6.07) is 14.3. The van der Waals surface area contributed by atoms with E-state index in [1.165, 1.54) is 11.3 Å². The average molecular weight is 493 g/mol. The number of thiazole rings is 1. The molecule has 0 spiro atoms. The van der Waals surface area contributed by atoms with Crippen LogP contribution in [0.2, 0.25) is 0 Å². The number of esters is 1. The fourth-order valence-corrected chi connectivity index (χ4v) is 5.14. The predicted molar refractivity (Wildman–Crippen MR) is 136 cm³/mol. The van der Waals surface area contributed by atoms with Crippen molar-refractivity contribution < 1.29 is 19.0 Å². The first-order chi connectivity index (χ1) is 17.0. The molecule has 0 saturated carbocycles. The minimum atomic E-state index is -0.725. The second-order valence-corrected chi connectivity index (χ2v) is 8.75. The van der Waals surface area contributed by atoms with Gasteiger partial charge in [-0.3, -0.25) is 9.36 Å². The molecule has 0 N–H and O–H groups in total. The van der Waals surface area contributed by atoms with Gasteiger partial charge in [0, 0.05) is 11.1 Å². The summed E-state index contributed by atoms with van der Waals surface area (Å²) in [7, 11) is 0. The third-order valence-electron chi connectivity index (χ3n) is 5.54. The molecule has 1 aliphatic heterocycles. The standard InChI is InChI=1S/C27H28N2O5S/c1-5-32-20-14-10-8-12-18(20)16-22-25(30)29-24(19-13-9-11-15-21(19)33-6-2)23(26(31)34-7-3)17(4)28-27(29)35-22/h8-16,24H,5-7H2,1-4H3/t24-/m0/s1. The number of fused-ring (bicyclic) bond motifs is 1. The summed E-state index contributed by atoms with van der Waals surface area (Å²) in [5.74, 6) is 0.802. The van der Waals surface area contributed by atoms with E-state index >= 15 is 0 Å². The van der Waals surface area contributed by atoms with Gasteiger partial charge >= 0.3 is 5.97 Å². The van der Waals surface area contributed by atoms with Crippen LogP contribution >= 0.6 is 11.3 Å². The molecule has 2 aromatic carbocycles. The Labute approximate surface area is 207 Å². The van der Waals surface area contributed by atoms with Crippen LogP contribution in [0.25, 0.3) is 6.08 Å². The third kappa shape index (κ3) is 4.79. The molecule has 0 bridgehead atoms. The predicted octanol–water partition coefficient (Wildman–Crippen LogP) is 3.60. The number of rotatable bonds is 8. The quantitative estimate of drug-likeness (QED) is 0.449. The fourth-order valence-electron chi connectivity index (χ4n) is 4.11. The van der Waals surface area contributed by atoms with E-state index in [9.17, 15) is 9.59 Å². The number of carbonyl (C=O) groups excluding carboxylic acids is 1. The van der Waals surface area contributed by atoms with Gasteiger partial charge < -0.3 is 14.2 Å². The number of allylic oxidation sites excluding steroid dienone is 1. The maximum absolute atomic E-state index is 13.8. The molecule has 0 amide bonds. The summed E-state index contributed by atoms with van der Waals surface area (Å²) in [6.45, 7) is 8.51. The highest BCUT2D eigenvalue weighted by atomic mass is 32.1. The number of ether oxygens (including phenoxy) is 3. The maximum atomic E-state index is 13.8. The van der Waals surface area contributed by atoms with E-state index in [0.29, 0.717) is 50.9 Å². The van der Waals surface area contributed by atoms with E-state index in [0.717, 1.165) is 5.56 Å². The smallest absolute Gasteiger partial charge is 0.338 e. The molecule has 3 aromatic rings. The summed E-state index contributed by atoms with van der Waals surface area (Å²) in [5.41, 5.74) is 2.10. The number of hydrogen-bond donors (Lipinski definition) is 0. The fraction of sp³-hybridized carbons (Fsp3) is 0.296. The van der Waals surface area contributed by atoms with Gasteiger partial charge in [-0.2, -0.15) is 0 Å². The lowest BCUT2D eigenvalue weighted by Crippen LogP contribution is -2.40. The van der Waals surface area contributed by atoms with Crippen LogP contribution in [-0.2, 0) is 9.53 Å². The van der Waals surface area contributed by atoms with Gasteiger partial charge in [-0.15, -0.1) is 0 Å². The summed E-state index contributed by atoms with van der Waals surface area (Å²) in [5, 5.41) is 0. The zero-order valence-electron chi connectivity index (χ0n) is 20.2. The number of hydrogen-bond acceptors (Lipinski definition) is 7. The van der Waals surface area contributed by atoms with Crippen LogP contribution in [-0.4, -0.2) is 30.4 Å².